The molecule has 0 saturated carbocycles. The highest BCUT2D eigenvalue weighted by Crippen LogP contribution is 2.38. The van der Waals surface area contributed by atoms with Crippen molar-refractivity contribution in [1.82, 2.24) is 0 Å². The number of unbranched alkanes of at least 4 members (excludes halogenated alkanes) is 2. The summed E-state index contributed by atoms with van der Waals surface area (Å²) >= 11 is 0. The van der Waals surface area contributed by atoms with E-state index in [9.17, 15) is 15.2 Å². The predicted octanol–water partition coefficient (Wildman–Crippen LogP) is 6.62. The van der Waals surface area contributed by atoms with Gasteiger partial charge in [-0.15, -0.1) is 0 Å². The van der Waals surface area contributed by atoms with E-state index in [4.69, 9.17) is 9.47 Å². The summed E-state index contributed by atoms with van der Waals surface area (Å²) in [5, 5.41) is 22.8. The predicted molar refractivity (Wildman–Crippen MR) is 140 cm³/mol. The maximum absolute atomic E-state index is 13.4. The van der Waals surface area contributed by atoms with Gasteiger partial charge >= 0.3 is 0 Å². The highest BCUT2D eigenvalue weighted by Gasteiger charge is 2.24. The third kappa shape index (κ3) is 7.47. The molecule has 0 spiro atoms. The van der Waals surface area contributed by atoms with Crippen molar-refractivity contribution in [2.45, 2.75) is 84.2 Å². The molecule has 1 amide bonds. The number of nitrogens with zero attached hydrogens (tertiary/aromatic N) is 1. The summed E-state index contributed by atoms with van der Waals surface area (Å²) in [6, 6.07) is 11.4. The second kappa shape index (κ2) is 12.6. The number of methoxy groups -OCH3 is 2. The molecule has 0 saturated heterocycles. The van der Waals surface area contributed by atoms with Crippen LogP contribution in [-0.4, -0.2) is 25.2 Å². The van der Waals surface area contributed by atoms with Crippen LogP contribution in [0.4, 0.5) is 5.69 Å². The Kier molecular flexibility index (Phi) is 10.2. The first-order valence-corrected chi connectivity index (χ1v) is 12.3. The zero-order valence-corrected chi connectivity index (χ0v) is 22.2. The smallest absolute Gasteiger partial charge is 0.224 e. The SMILES string of the molecule is CCCCCC(CC(=O)Nc1cc(C(C)O)ccc1C(C)(C)C)c1cc(C#N)c(OC)cc1OC. The Hall–Kier alpha value is -3.04. The fraction of sp³-hybridized carbons (Fsp3) is 0.517. The molecule has 190 valence electrons. The second-order valence-corrected chi connectivity index (χ2v) is 10.1. The van der Waals surface area contributed by atoms with Crippen LogP contribution in [0.25, 0.3) is 0 Å². The van der Waals surface area contributed by atoms with Gasteiger partial charge in [0.1, 0.15) is 17.6 Å². The number of carbonyl (C=O) groups excluding carboxylic acids is 1. The summed E-state index contributed by atoms with van der Waals surface area (Å²) in [5.74, 6) is 0.833. The number of hydrogen-bond donors (Lipinski definition) is 2. The Balaban J connectivity index is 2.42. The van der Waals surface area contributed by atoms with Crippen LogP contribution < -0.4 is 14.8 Å². The number of benzene rings is 2. The molecule has 0 radical (unpaired) electrons. The number of rotatable bonds is 11. The molecule has 6 heteroatoms. The zero-order valence-electron chi connectivity index (χ0n) is 22.2. The number of anilines is 1. The summed E-state index contributed by atoms with van der Waals surface area (Å²) in [7, 11) is 3.11. The van der Waals surface area contributed by atoms with Crippen LogP contribution in [0.5, 0.6) is 11.5 Å². The van der Waals surface area contributed by atoms with Gasteiger partial charge in [-0.2, -0.15) is 5.26 Å². The standard InChI is InChI=1S/C29H40N2O4/c1-8-9-10-11-21(23-14-22(18-30)26(34-6)17-27(23)35-7)16-28(33)31-25-15-20(19(2)32)12-13-24(25)29(3,4)5/h12-15,17,19,21,32H,8-11,16H2,1-7H3,(H,31,33). The summed E-state index contributed by atoms with van der Waals surface area (Å²) in [5.41, 5.74) is 3.55. The van der Waals surface area contributed by atoms with Gasteiger partial charge in [-0.1, -0.05) is 59.1 Å². The summed E-state index contributed by atoms with van der Waals surface area (Å²) < 4.78 is 11.0. The number of amides is 1. The maximum atomic E-state index is 13.4. The lowest BCUT2D eigenvalue weighted by Crippen LogP contribution is -2.21. The van der Waals surface area contributed by atoms with E-state index in [0.29, 0.717) is 22.7 Å². The molecule has 0 fully saturated rings. The highest BCUT2D eigenvalue weighted by atomic mass is 16.5. The minimum atomic E-state index is -0.630. The molecule has 2 rings (SSSR count). The Morgan fingerprint density at radius 3 is 2.34 bits per heavy atom. The van der Waals surface area contributed by atoms with Crippen molar-refractivity contribution in [3.05, 3.63) is 52.6 Å². The highest BCUT2D eigenvalue weighted by molar-refractivity contribution is 5.92. The van der Waals surface area contributed by atoms with E-state index < -0.39 is 6.10 Å². The molecule has 0 aliphatic carbocycles. The largest absolute Gasteiger partial charge is 0.496 e. The van der Waals surface area contributed by atoms with Crippen LogP contribution in [0.1, 0.15) is 101 Å². The molecule has 2 atom stereocenters. The molecule has 6 nitrogen and oxygen atoms in total. The lowest BCUT2D eigenvalue weighted by molar-refractivity contribution is -0.116. The second-order valence-electron chi connectivity index (χ2n) is 10.1. The normalized spacial score (nSPS) is 13.0. The van der Waals surface area contributed by atoms with Crippen LogP contribution >= 0.6 is 0 Å². The average Bonchev–Trinajstić information content (AvgIpc) is 2.81. The van der Waals surface area contributed by atoms with Gasteiger partial charge in [0, 0.05) is 18.2 Å². The molecule has 0 bridgehead atoms. The quantitative estimate of drug-likeness (QED) is 0.353. The van der Waals surface area contributed by atoms with Gasteiger partial charge in [0.25, 0.3) is 0 Å². The number of carbonyl (C=O) groups is 1. The summed E-state index contributed by atoms with van der Waals surface area (Å²) in [6.45, 7) is 10.1. The van der Waals surface area contributed by atoms with Gasteiger partial charge in [-0.3, -0.25) is 4.79 Å². The number of nitriles is 1. The molecule has 35 heavy (non-hydrogen) atoms. The Morgan fingerprint density at radius 2 is 1.80 bits per heavy atom. The van der Waals surface area contributed by atoms with Crippen LogP contribution in [-0.2, 0) is 10.2 Å². The lowest BCUT2D eigenvalue weighted by atomic mass is 9.84. The van der Waals surface area contributed by atoms with Crippen LogP contribution in [0, 0.1) is 11.3 Å². The van der Waals surface area contributed by atoms with Gasteiger partial charge in [0.05, 0.1) is 25.9 Å². The molecule has 0 aliphatic heterocycles. The van der Waals surface area contributed by atoms with Gasteiger partial charge in [0.2, 0.25) is 5.91 Å². The Bertz CT molecular complexity index is 1050. The van der Waals surface area contributed by atoms with Crippen molar-refractivity contribution in [3.8, 4) is 17.6 Å². The minimum absolute atomic E-state index is 0.115. The molecule has 2 unspecified atom stereocenters. The molecule has 0 aromatic heterocycles. The fourth-order valence-electron chi connectivity index (χ4n) is 4.34. The van der Waals surface area contributed by atoms with Crippen molar-refractivity contribution in [2.24, 2.45) is 0 Å². The van der Waals surface area contributed by atoms with Gasteiger partial charge in [-0.25, -0.2) is 0 Å². The van der Waals surface area contributed by atoms with Gasteiger partial charge in [0.15, 0.2) is 0 Å². The summed E-state index contributed by atoms with van der Waals surface area (Å²) in [6.07, 6.45) is 3.52. The Morgan fingerprint density at radius 1 is 1.11 bits per heavy atom. The Labute approximate surface area is 210 Å². The van der Waals surface area contributed by atoms with E-state index in [1.54, 1.807) is 26.2 Å². The fourth-order valence-corrected chi connectivity index (χ4v) is 4.34. The number of aliphatic hydroxyl groups excluding tert-OH is 1. The molecule has 0 heterocycles. The van der Waals surface area contributed by atoms with Crippen molar-refractivity contribution < 1.29 is 19.4 Å². The summed E-state index contributed by atoms with van der Waals surface area (Å²) in [4.78, 5) is 13.4. The lowest BCUT2D eigenvalue weighted by Gasteiger charge is -2.25. The van der Waals surface area contributed by atoms with E-state index in [2.05, 4.69) is 39.1 Å². The first kappa shape index (κ1) is 28.2. The molecule has 2 N–H and O–H groups in total. The van der Waals surface area contributed by atoms with Crippen LogP contribution in [0.15, 0.2) is 30.3 Å². The van der Waals surface area contributed by atoms with Gasteiger partial charge < -0.3 is 19.9 Å². The monoisotopic (exact) mass is 480 g/mol. The van der Waals surface area contributed by atoms with E-state index in [0.717, 1.165) is 42.4 Å². The van der Waals surface area contributed by atoms with Gasteiger partial charge in [-0.05, 0) is 53.5 Å². The van der Waals surface area contributed by atoms with E-state index in [1.807, 2.05) is 18.2 Å². The van der Waals surface area contributed by atoms with Crippen molar-refractivity contribution in [3.63, 3.8) is 0 Å². The first-order chi connectivity index (χ1) is 16.5. The number of ether oxygens (including phenoxy) is 2. The number of hydrogen-bond acceptors (Lipinski definition) is 5. The average molecular weight is 481 g/mol. The number of aliphatic hydroxyl groups is 1. The molecule has 2 aromatic rings. The maximum Gasteiger partial charge on any atom is 0.224 e. The van der Waals surface area contributed by atoms with E-state index in [1.165, 1.54) is 7.11 Å². The van der Waals surface area contributed by atoms with E-state index in [-0.39, 0.29) is 23.7 Å². The molecular weight excluding hydrogens is 440 g/mol. The van der Waals surface area contributed by atoms with Crippen LogP contribution in [0.3, 0.4) is 0 Å². The third-order valence-corrected chi connectivity index (χ3v) is 6.31. The molecular formula is C29H40N2O4. The topological polar surface area (TPSA) is 91.6 Å². The molecule has 2 aromatic carbocycles. The van der Waals surface area contributed by atoms with Crippen molar-refractivity contribution in [2.75, 3.05) is 19.5 Å². The van der Waals surface area contributed by atoms with Crippen molar-refractivity contribution in [1.29, 1.82) is 5.26 Å². The minimum Gasteiger partial charge on any atom is -0.496 e. The first-order valence-electron chi connectivity index (χ1n) is 12.3. The zero-order chi connectivity index (χ0) is 26.2. The van der Waals surface area contributed by atoms with Crippen LogP contribution in [0.2, 0.25) is 0 Å². The molecule has 0 aliphatic rings. The van der Waals surface area contributed by atoms with E-state index >= 15 is 0 Å². The number of nitrogens with one attached hydrogen (secondary N) is 1. The third-order valence-electron chi connectivity index (χ3n) is 6.31. The van der Waals surface area contributed by atoms with Crippen molar-refractivity contribution >= 4 is 11.6 Å².